The molecule has 1 N–H and O–H groups in total. The number of pyridine rings is 1. The second-order valence-electron chi connectivity index (χ2n) is 11.8. The van der Waals surface area contributed by atoms with Gasteiger partial charge < -0.3 is 19.5 Å². The minimum Gasteiger partial charge on any atom is -0.374 e. The van der Waals surface area contributed by atoms with Crippen LogP contribution in [0, 0.1) is 15.5 Å². The molecule has 0 spiro atoms. The van der Waals surface area contributed by atoms with E-state index < -0.39 is 11.6 Å². The number of fused-ring (bicyclic) bond motifs is 2. The molecule has 2 aliphatic rings. The first kappa shape index (κ1) is 28.3. The number of ether oxygens (including phenoxy) is 1. The number of halogens is 3. The lowest BCUT2D eigenvalue weighted by atomic mass is 10.0. The number of benzene rings is 1. The number of morpholine rings is 1. The van der Waals surface area contributed by atoms with Crippen LogP contribution in [-0.2, 0) is 23.2 Å². The Kier molecular flexibility index (Phi) is 7.68. The standard InChI is InChI=1S/C29H33F2IN8O/c1-29(2,3)40-23-12-18(11-20(30)26(23)36-27(40)32)25-21(31)13-33-28(37-25)35-24-6-5-17-14-39(8-7-22(17)34-24)16-19-15-38(4)9-10-41-19/h5-6,11-13,19H,7-10,14-16H2,1-4H3,(H,33,34,35,37)/t19-/m0/s1. The van der Waals surface area contributed by atoms with Crippen molar-refractivity contribution >= 4 is 45.4 Å². The number of hydrogen-bond acceptors (Lipinski definition) is 8. The molecule has 1 saturated heterocycles. The third-order valence-electron chi connectivity index (χ3n) is 7.53. The molecule has 3 aromatic heterocycles. The molecule has 4 aromatic rings. The fraction of sp³-hybridized carbons (Fsp3) is 0.448. The molecule has 0 amide bonds. The predicted octanol–water partition coefficient (Wildman–Crippen LogP) is 4.96. The number of rotatable bonds is 5. The maximum absolute atomic E-state index is 15.1. The van der Waals surface area contributed by atoms with E-state index in [4.69, 9.17) is 9.72 Å². The van der Waals surface area contributed by atoms with Crippen LogP contribution in [0.2, 0.25) is 0 Å². The molecule has 1 fully saturated rings. The number of likely N-dealkylation sites (N-methyl/N-ethyl adjacent to an activating group) is 1. The van der Waals surface area contributed by atoms with Crippen molar-refractivity contribution in [2.75, 3.05) is 45.2 Å². The lowest BCUT2D eigenvalue weighted by molar-refractivity contribution is -0.0374. The number of imidazole rings is 1. The van der Waals surface area contributed by atoms with Crippen LogP contribution in [0.1, 0.15) is 32.0 Å². The van der Waals surface area contributed by atoms with Crippen molar-refractivity contribution in [1.29, 1.82) is 0 Å². The van der Waals surface area contributed by atoms with Crippen LogP contribution in [0.3, 0.4) is 0 Å². The van der Waals surface area contributed by atoms with Crippen molar-refractivity contribution in [1.82, 2.24) is 34.3 Å². The molecule has 5 heterocycles. The molecular formula is C29H33F2IN8O. The van der Waals surface area contributed by atoms with Gasteiger partial charge in [0, 0.05) is 55.9 Å². The molecule has 2 aliphatic heterocycles. The molecule has 0 unspecified atom stereocenters. The summed E-state index contributed by atoms with van der Waals surface area (Å²) in [5.74, 6) is -0.408. The molecule has 0 saturated carbocycles. The third kappa shape index (κ3) is 5.92. The first-order valence-electron chi connectivity index (χ1n) is 13.7. The van der Waals surface area contributed by atoms with Crippen molar-refractivity contribution in [3.63, 3.8) is 0 Å². The van der Waals surface area contributed by atoms with E-state index in [1.165, 1.54) is 11.6 Å². The Morgan fingerprint density at radius 1 is 1.10 bits per heavy atom. The van der Waals surface area contributed by atoms with Gasteiger partial charge in [0.25, 0.3) is 0 Å². The summed E-state index contributed by atoms with van der Waals surface area (Å²) in [5, 5.41) is 3.11. The minimum absolute atomic E-state index is 0.00384. The van der Waals surface area contributed by atoms with Crippen LogP contribution in [-0.4, -0.2) is 80.2 Å². The second kappa shape index (κ2) is 11.1. The van der Waals surface area contributed by atoms with Crippen molar-refractivity contribution in [3.05, 3.63) is 57.2 Å². The van der Waals surface area contributed by atoms with E-state index in [-0.39, 0.29) is 28.8 Å². The molecular weight excluding hydrogens is 641 g/mol. The Hall–Kier alpha value is -2.81. The van der Waals surface area contributed by atoms with Crippen molar-refractivity contribution in [2.45, 2.75) is 45.4 Å². The Balaban J connectivity index is 1.22. The van der Waals surface area contributed by atoms with Gasteiger partial charge >= 0.3 is 0 Å². The average molecular weight is 675 g/mol. The lowest BCUT2D eigenvalue weighted by Crippen LogP contribution is -2.47. The summed E-state index contributed by atoms with van der Waals surface area (Å²) in [7, 11) is 2.13. The summed E-state index contributed by atoms with van der Waals surface area (Å²) in [4.78, 5) is 22.5. The fourth-order valence-corrected chi connectivity index (χ4v) is 6.82. The van der Waals surface area contributed by atoms with E-state index in [0.29, 0.717) is 20.7 Å². The zero-order valence-corrected chi connectivity index (χ0v) is 25.7. The summed E-state index contributed by atoms with van der Waals surface area (Å²) in [6.07, 6.45) is 2.14. The van der Waals surface area contributed by atoms with Crippen LogP contribution in [0.5, 0.6) is 0 Å². The number of anilines is 2. The first-order valence-corrected chi connectivity index (χ1v) is 14.8. The monoisotopic (exact) mass is 674 g/mol. The van der Waals surface area contributed by atoms with Crippen LogP contribution in [0.15, 0.2) is 30.5 Å². The van der Waals surface area contributed by atoms with Gasteiger partial charge in [-0.1, -0.05) is 6.07 Å². The molecule has 12 heteroatoms. The molecule has 0 bridgehead atoms. The van der Waals surface area contributed by atoms with Crippen LogP contribution >= 0.6 is 22.6 Å². The zero-order valence-electron chi connectivity index (χ0n) is 23.6. The molecule has 41 heavy (non-hydrogen) atoms. The van der Waals surface area contributed by atoms with E-state index in [0.717, 1.165) is 57.6 Å². The minimum atomic E-state index is -0.641. The summed E-state index contributed by atoms with van der Waals surface area (Å²) < 4.78 is 38.7. The Morgan fingerprint density at radius 2 is 1.93 bits per heavy atom. The van der Waals surface area contributed by atoms with Gasteiger partial charge in [0.05, 0.1) is 24.4 Å². The van der Waals surface area contributed by atoms with E-state index in [1.807, 2.05) is 31.4 Å². The number of hydrogen-bond donors (Lipinski definition) is 1. The number of nitrogens with one attached hydrogen (secondary N) is 1. The predicted molar refractivity (Wildman–Crippen MR) is 162 cm³/mol. The summed E-state index contributed by atoms with van der Waals surface area (Å²) >= 11 is 2.09. The van der Waals surface area contributed by atoms with E-state index in [2.05, 4.69) is 65.8 Å². The Labute approximate surface area is 251 Å². The Morgan fingerprint density at radius 3 is 2.71 bits per heavy atom. The van der Waals surface area contributed by atoms with Crippen molar-refractivity contribution in [2.24, 2.45) is 0 Å². The highest BCUT2D eigenvalue weighted by molar-refractivity contribution is 14.1. The van der Waals surface area contributed by atoms with Gasteiger partial charge in [-0.15, -0.1) is 0 Å². The number of aromatic nitrogens is 5. The van der Waals surface area contributed by atoms with Gasteiger partial charge in [-0.2, -0.15) is 0 Å². The molecule has 0 radical (unpaired) electrons. The van der Waals surface area contributed by atoms with Crippen LogP contribution in [0.25, 0.3) is 22.3 Å². The third-order valence-corrected chi connectivity index (χ3v) is 8.26. The highest BCUT2D eigenvalue weighted by Gasteiger charge is 2.25. The van der Waals surface area contributed by atoms with Gasteiger partial charge in [-0.3, -0.25) is 4.90 Å². The topological polar surface area (TPSA) is 84.2 Å². The number of nitrogens with zero attached hydrogens (tertiary/aromatic N) is 7. The van der Waals surface area contributed by atoms with Gasteiger partial charge in [-0.25, -0.2) is 28.7 Å². The lowest BCUT2D eigenvalue weighted by Gasteiger charge is -2.35. The molecule has 9 nitrogen and oxygen atoms in total. The molecule has 6 rings (SSSR count). The van der Waals surface area contributed by atoms with Crippen molar-refractivity contribution in [3.8, 4) is 11.3 Å². The smallest absolute Gasteiger partial charge is 0.229 e. The maximum atomic E-state index is 15.1. The molecule has 0 aliphatic carbocycles. The van der Waals surface area contributed by atoms with E-state index >= 15 is 4.39 Å². The normalized spacial score (nSPS) is 18.6. The van der Waals surface area contributed by atoms with Gasteiger partial charge in [-0.05, 0) is 74.2 Å². The average Bonchev–Trinajstić information content (AvgIpc) is 3.27. The van der Waals surface area contributed by atoms with E-state index in [9.17, 15) is 4.39 Å². The quantitative estimate of drug-likeness (QED) is 0.298. The van der Waals surface area contributed by atoms with Crippen molar-refractivity contribution < 1.29 is 13.5 Å². The molecule has 1 atom stereocenters. The summed E-state index contributed by atoms with van der Waals surface area (Å²) in [6.45, 7) is 11.4. The highest BCUT2D eigenvalue weighted by Crippen LogP contribution is 2.32. The van der Waals surface area contributed by atoms with Gasteiger partial charge in [0.1, 0.15) is 17.0 Å². The Bertz CT molecular complexity index is 1600. The summed E-state index contributed by atoms with van der Waals surface area (Å²) in [6, 6.07) is 6.95. The van der Waals surface area contributed by atoms with Gasteiger partial charge in [0.2, 0.25) is 5.95 Å². The largest absolute Gasteiger partial charge is 0.374 e. The van der Waals surface area contributed by atoms with E-state index in [1.54, 1.807) is 6.07 Å². The van der Waals surface area contributed by atoms with Crippen LogP contribution < -0.4 is 5.32 Å². The molecule has 216 valence electrons. The molecule has 1 aromatic carbocycles. The highest BCUT2D eigenvalue weighted by atomic mass is 127. The first-order chi connectivity index (χ1) is 19.5. The second-order valence-corrected chi connectivity index (χ2v) is 12.7. The maximum Gasteiger partial charge on any atom is 0.229 e. The SMILES string of the molecule is CN1CCO[C@H](CN2CCc3nc(Nc4ncc(F)c(-c5cc(F)c6nc(I)n(C(C)(C)C)c6c5)n4)ccc3C2)C1. The van der Waals surface area contributed by atoms with Crippen LogP contribution in [0.4, 0.5) is 20.5 Å². The zero-order chi connectivity index (χ0) is 28.9. The fourth-order valence-electron chi connectivity index (χ4n) is 5.59. The summed E-state index contributed by atoms with van der Waals surface area (Å²) in [5.41, 5.74) is 3.00. The van der Waals surface area contributed by atoms with Gasteiger partial charge in [0.15, 0.2) is 15.5 Å².